The predicted molar refractivity (Wildman–Crippen MR) is 122 cm³/mol. The highest BCUT2D eigenvalue weighted by Crippen LogP contribution is 2.30. The van der Waals surface area contributed by atoms with Crippen molar-refractivity contribution in [3.05, 3.63) is 66.7 Å². The zero-order chi connectivity index (χ0) is 24.3. The van der Waals surface area contributed by atoms with Crippen molar-refractivity contribution in [2.24, 2.45) is 5.92 Å². The van der Waals surface area contributed by atoms with Crippen molar-refractivity contribution in [3.63, 3.8) is 0 Å². The first kappa shape index (κ1) is 24.0. The molecule has 0 aromatic heterocycles. The van der Waals surface area contributed by atoms with Crippen LogP contribution < -0.4 is 10.1 Å². The quantitative estimate of drug-likeness (QED) is 0.535. The zero-order valence-corrected chi connectivity index (χ0v) is 18.9. The van der Waals surface area contributed by atoms with Crippen molar-refractivity contribution in [3.8, 4) is 5.75 Å². The second-order valence-electron chi connectivity index (χ2n) is 8.08. The van der Waals surface area contributed by atoms with Crippen molar-refractivity contribution >= 4 is 32.4 Å². The molecule has 1 amide bonds. The Morgan fingerprint density at radius 1 is 0.971 bits per heavy atom. The summed E-state index contributed by atoms with van der Waals surface area (Å²) in [5.74, 6) is -0.936. The molecule has 4 rings (SSSR count). The summed E-state index contributed by atoms with van der Waals surface area (Å²) in [5, 5.41) is 4.39. The number of carbonyl (C=O) groups is 1. The van der Waals surface area contributed by atoms with Gasteiger partial charge in [-0.15, -0.1) is 0 Å². The molecule has 0 spiro atoms. The number of alkyl halides is 3. The molecule has 1 aliphatic heterocycles. The summed E-state index contributed by atoms with van der Waals surface area (Å²) in [5.41, 5.74) is 0.142. The molecule has 0 atom stereocenters. The first-order chi connectivity index (χ1) is 16.1. The Morgan fingerprint density at radius 3 is 2.32 bits per heavy atom. The maximum absolute atomic E-state index is 13.1. The SMILES string of the molecule is O=C(Nc1ccccc1OCC(F)(F)F)C1CCN(S(=O)(=O)c2ccc3ccccc3c2)CC1. The van der Waals surface area contributed by atoms with E-state index in [1.165, 1.54) is 22.5 Å². The molecule has 0 saturated carbocycles. The number of hydrogen-bond donors (Lipinski definition) is 1. The van der Waals surface area contributed by atoms with Gasteiger partial charge in [-0.05, 0) is 47.9 Å². The fourth-order valence-corrected chi connectivity index (χ4v) is 5.43. The number of para-hydroxylation sites is 2. The van der Waals surface area contributed by atoms with Crippen LogP contribution in [0.25, 0.3) is 10.8 Å². The van der Waals surface area contributed by atoms with E-state index < -0.39 is 28.7 Å². The van der Waals surface area contributed by atoms with Gasteiger partial charge in [0.2, 0.25) is 15.9 Å². The van der Waals surface area contributed by atoms with Crippen LogP contribution in [-0.2, 0) is 14.8 Å². The number of sulfonamides is 1. The van der Waals surface area contributed by atoms with Gasteiger partial charge >= 0.3 is 6.18 Å². The zero-order valence-electron chi connectivity index (χ0n) is 18.1. The molecule has 10 heteroatoms. The van der Waals surface area contributed by atoms with Crippen LogP contribution in [0.3, 0.4) is 0 Å². The number of nitrogens with one attached hydrogen (secondary N) is 1. The van der Waals surface area contributed by atoms with Gasteiger partial charge in [-0.3, -0.25) is 4.79 Å². The number of hydrogen-bond acceptors (Lipinski definition) is 4. The first-order valence-corrected chi connectivity index (χ1v) is 12.2. The number of amides is 1. The summed E-state index contributed by atoms with van der Waals surface area (Å²) in [6.45, 7) is -1.14. The monoisotopic (exact) mass is 492 g/mol. The molecule has 0 aliphatic carbocycles. The van der Waals surface area contributed by atoms with Gasteiger partial charge in [-0.1, -0.05) is 42.5 Å². The largest absolute Gasteiger partial charge is 0.482 e. The van der Waals surface area contributed by atoms with Crippen LogP contribution in [0.15, 0.2) is 71.6 Å². The summed E-state index contributed by atoms with van der Waals surface area (Å²) in [4.78, 5) is 12.9. The van der Waals surface area contributed by atoms with E-state index in [-0.39, 0.29) is 35.3 Å². The van der Waals surface area contributed by atoms with Crippen LogP contribution in [0, 0.1) is 5.92 Å². The van der Waals surface area contributed by atoms with E-state index >= 15 is 0 Å². The number of benzene rings is 3. The number of ether oxygens (including phenoxy) is 1. The van der Waals surface area contributed by atoms with Gasteiger partial charge in [0.05, 0.1) is 10.6 Å². The van der Waals surface area contributed by atoms with Crippen LogP contribution in [-0.4, -0.2) is 44.5 Å². The van der Waals surface area contributed by atoms with Crippen LogP contribution in [0.5, 0.6) is 5.75 Å². The smallest absolute Gasteiger partial charge is 0.422 e. The molecular formula is C24H23F3N2O4S. The molecule has 1 saturated heterocycles. The molecule has 34 heavy (non-hydrogen) atoms. The fourth-order valence-electron chi connectivity index (χ4n) is 3.93. The lowest BCUT2D eigenvalue weighted by molar-refractivity contribution is -0.153. The molecule has 180 valence electrons. The Morgan fingerprint density at radius 2 is 1.62 bits per heavy atom. The standard InChI is InChI=1S/C24H23F3N2O4S/c25-24(26,27)16-33-22-8-4-3-7-21(22)28-23(30)18-11-13-29(14-12-18)34(31,32)20-10-9-17-5-1-2-6-19(17)15-20/h1-10,15,18H,11-14,16H2,(H,28,30). The Bertz CT molecular complexity index is 1290. The molecule has 1 aliphatic rings. The fraction of sp³-hybridized carbons (Fsp3) is 0.292. The molecule has 1 fully saturated rings. The van der Waals surface area contributed by atoms with Crippen molar-refractivity contribution in [1.29, 1.82) is 0 Å². The normalized spacial score (nSPS) is 15.9. The van der Waals surface area contributed by atoms with Crippen LogP contribution in [0.1, 0.15) is 12.8 Å². The molecular weight excluding hydrogens is 469 g/mol. The average Bonchev–Trinajstić information content (AvgIpc) is 2.82. The number of carbonyl (C=O) groups excluding carboxylic acids is 1. The topological polar surface area (TPSA) is 75.7 Å². The highest BCUT2D eigenvalue weighted by molar-refractivity contribution is 7.89. The highest BCUT2D eigenvalue weighted by Gasteiger charge is 2.33. The van der Waals surface area contributed by atoms with Crippen molar-refractivity contribution in [2.75, 3.05) is 25.0 Å². The molecule has 3 aromatic rings. The van der Waals surface area contributed by atoms with Gasteiger partial charge in [-0.2, -0.15) is 17.5 Å². The minimum atomic E-state index is -4.50. The van der Waals surface area contributed by atoms with Crippen molar-refractivity contribution in [1.82, 2.24) is 4.31 Å². The average molecular weight is 493 g/mol. The molecule has 1 heterocycles. The Kier molecular flexibility index (Phi) is 6.81. The van der Waals surface area contributed by atoms with Crippen LogP contribution >= 0.6 is 0 Å². The number of halogens is 3. The number of fused-ring (bicyclic) bond motifs is 1. The molecule has 3 aromatic carbocycles. The lowest BCUT2D eigenvalue weighted by Gasteiger charge is -2.30. The van der Waals surface area contributed by atoms with Gasteiger partial charge in [-0.25, -0.2) is 8.42 Å². The Hall–Kier alpha value is -3.11. The summed E-state index contributed by atoms with van der Waals surface area (Å²) >= 11 is 0. The van der Waals surface area contributed by atoms with E-state index in [1.54, 1.807) is 24.3 Å². The third kappa shape index (κ3) is 5.51. The second kappa shape index (κ2) is 9.63. The van der Waals surface area contributed by atoms with E-state index in [9.17, 15) is 26.4 Å². The summed E-state index contributed by atoms with van der Waals surface area (Å²) in [7, 11) is -3.71. The van der Waals surface area contributed by atoms with Crippen LogP contribution in [0.2, 0.25) is 0 Å². The highest BCUT2D eigenvalue weighted by atomic mass is 32.2. The second-order valence-corrected chi connectivity index (χ2v) is 10.0. The van der Waals surface area contributed by atoms with E-state index in [2.05, 4.69) is 5.32 Å². The van der Waals surface area contributed by atoms with E-state index in [0.29, 0.717) is 12.8 Å². The minimum Gasteiger partial charge on any atom is -0.482 e. The van der Waals surface area contributed by atoms with E-state index in [4.69, 9.17) is 4.74 Å². The van der Waals surface area contributed by atoms with Gasteiger partial charge in [0.15, 0.2) is 6.61 Å². The number of anilines is 1. The van der Waals surface area contributed by atoms with Crippen molar-refractivity contribution in [2.45, 2.75) is 23.9 Å². The van der Waals surface area contributed by atoms with E-state index in [1.807, 2.05) is 24.3 Å². The Labute approximate surface area is 195 Å². The number of rotatable bonds is 6. The van der Waals surface area contributed by atoms with Gasteiger partial charge in [0.25, 0.3) is 0 Å². The lowest BCUT2D eigenvalue weighted by atomic mass is 9.97. The van der Waals surface area contributed by atoms with Crippen molar-refractivity contribution < 1.29 is 31.1 Å². The molecule has 6 nitrogen and oxygen atoms in total. The first-order valence-electron chi connectivity index (χ1n) is 10.7. The van der Waals surface area contributed by atoms with Gasteiger partial charge in [0.1, 0.15) is 5.75 Å². The van der Waals surface area contributed by atoms with E-state index in [0.717, 1.165) is 10.8 Å². The van der Waals surface area contributed by atoms with Gasteiger partial charge < -0.3 is 10.1 Å². The maximum Gasteiger partial charge on any atom is 0.422 e. The third-order valence-corrected chi connectivity index (χ3v) is 7.61. The number of piperidine rings is 1. The number of nitrogens with zero attached hydrogens (tertiary/aromatic N) is 1. The maximum atomic E-state index is 13.1. The molecule has 0 bridgehead atoms. The third-order valence-electron chi connectivity index (χ3n) is 5.72. The molecule has 1 N–H and O–H groups in total. The van der Waals surface area contributed by atoms with Crippen LogP contribution in [0.4, 0.5) is 18.9 Å². The minimum absolute atomic E-state index is 0.0792. The summed E-state index contributed by atoms with van der Waals surface area (Å²) in [6.07, 6.45) is -3.91. The predicted octanol–water partition coefficient (Wildman–Crippen LogP) is 4.82. The lowest BCUT2D eigenvalue weighted by Crippen LogP contribution is -2.41. The van der Waals surface area contributed by atoms with Gasteiger partial charge in [0, 0.05) is 19.0 Å². The molecule has 0 radical (unpaired) electrons. The summed E-state index contributed by atoms with van der Waals surface area (Å²) in [6, 6.07) is 18.4. The molecule has 0 unspecified atom stereocenters. The summed E-state index contributed by atoms with van der Waals surface area (Å²) < 4.78 is 69.9. The Balaban J connectivity index is 1.39.